The summed E-state index contributed by atoms with van der Waals surface area (Å²) in [6, 6.07) is 7.31. The van der Waals surface area contributed by atoms with E-state index in [9.17, 15) is 27.9 Å². The number of rotatable bonds is 2. The summed E-state index contributed by atoms with van der Waals surface area (Å²) < 4.78 is 38.7. The standard InChI is InChI=1S/C18H17F3N2O3/c19-18(20,21)14-3-1-2-13(10-14)17(26)6-8-23(9-7-17)16(25)12-4-5-15(24)22-11-12/h1-5,10-11,26H,6-9H2,(H,22,24). The largest absolute Gasteiger partial charge is 0.416 e. The second-order valence-corrected chi connectivity index (χ2v) is 6.34. The first-order chi connectivity index (χ1) is 12.2. The molecule has 0 unspecified atom stereocenters. The molecule has 1 amide bonds. The highest BCUT2D eigenvalue weighted by atomic mass is 19.4. The maximum atomic E-state index is 12.9. The highest BCUT2D eigenvalue weighted by molar-refractivity contribution is 5.93. The van der Waals surface area contributed by atoms with Crippen molar-refractivity contribution in [2.75, 3.05) is 13.1 Å². The van der Waals surface area contributed by atoms with Gasteiger partial charge in [0.05, 0.1) is 16.7 Å². The monoisotopic (exact) mass is 366 g/mol. The van der Waals surface area contributed by atoms with Crippen LogP contribution in [0, 0.1) is 0 Å². The van der Waals surface area contributed by atoms with Crippen LogP contribution in [0.1, 0.15) is 34.3 Å². The molecule has 1 aromatic heterocycles. The Labute approximate surface area is 147 Å². The van der Waals surface area contributed by atoms with E-state index in [1.54, 1.807) is 0 Å². The first-order valence-electron chi connectivity index (χ1n) is 8.07. The molecule has 0 bridgehead atoms. The van der Waals surface area contributed by atoms with E-state index in [0.717, 1.165) is 12.1 Å². The molecule has 2 heterocycles. The number of pyridine rings is 1. The summed E-state index contributed by atoms with van der Waals surface area (Å²) in [5.74, 6) is -0.299. The number of aromatic amines is 1. The van der Waals surface area contributed by atoms with Crippen LogP contribution in [0.4, 0.5) is 13.2 Å². The lowest BCUT2D eigenvalue weighted by Crippen LogP contribution is -2.45. The number of likely N-dealkylation sites (tertiary alicyclic amines) is 1. The molecular formula is C18H17F3N2O3. The van der Waals surface area contributed by atoms with Crippen LogP contribution in [-0.2, 0) is 11.8 Å². The number of halogens is 3. The van der Waals surface area contributed by atoms with Crippen molar-refractivity contribution in [3.8, 4) is 0 Å². The van der Waals surface area contributed by atoms with Gasteiger partial charge in [0.2, 0.25) is 5.56 Å². The van der Waals surface area contributed by atoms with Crippen LogP contribution in [0.5, 0.6) is 0 Å². The average Bonchev–Trinajstić information content (AvgIpc) is 2.62. The fourth-order valence-electron chi connectivity index (χ4n) is 3.08. The number of hydrogen-bond donors (Lipinski definition) is 2. The fourth-order valence-corrected chi connectivity index (χ4v) is 3.08. The van der Waals surface area contributed by atoms with Crippen LogP contribution >= 0.6 is 0 Å². The number of benzene rings is 1. The molecular weight excluding hydrogens is 349 g/mol. The minimum atomic E-state index is -4.48. The molecule has 2 aromatic rings. The van der Waals surface area contributed by atoms with Crippen molar-refractivity contribution in [2.45, 2.75) is 24.6 Å². The Morgan fingerprint density at radius 2 is 1.85 bits per heavy atom. The molecule has 138 valence electrons. The number of carbonyl (C=O) groups is 1. The zero-order valence-electron chi connectivity index (χ0n) is 13.7. The zero-order valence-corrected chi connectivity index (χ0v) is 13.7. The number of H-pyrrole nitrogens is 1. The summed E-state index contributed by atoms with van der Waals surface area (Å²) in [4.78, 5) is 27.4. The highest BCUT2D eigenvalue weighted by Crippen LogP contribution is 2.36. The third kappa shape index (κ3) is 3.65. The molecule has 5 nitrogen and oxygen atoms in total. The molecule has 2 N–H and O–H groups in total. The minimum absolute atomic E-state index is 0.128. The van der Waals surface area contributed by atoms with Crippen molar-refractivity contribution in [1.82, 2.24) is 9.88 Å². The van der Waals surface area contributed by atoms with Crippen LogP contribution in [0.3, 0.4) is 0 Å². The number of nitrogens with one attached hydrogen (secondary N) is 1. The first kappa shape index (κ1) is 18.2. The van der Waals surface area contributed by atoms with Gasteiger partial charge in [0.15, 0.2) is 0 Å². The maximum absolute atomic E-state index is 12.9. The summed E-state index contributed by atoms with van der Waals surface area (Å²) in [5, 5.41) is 10.8. The van der Waals surface area contributed by atoms with Crippen LogP contribution in [0.2, 0.25) is 0 Å². The quantitative estimate of drug-likeness (QED) is 0.858. The molecule has 0 aliphatic carbocycles. The van der Waals surface area contributed by atoms with Gasteiger partial charge >= 0.3 is 6.18 Å². The summed E-state index contributed by atoms with van der Waals surface area (Å²) >= 11 is 0. The van der Waals surface area contributed by atoms with E-state index in [1.165, 1.54) is 35.4 Å². The summed E-state index contributed by atoms with van der Waals surface area (Å²) in [5.41, 5.74) is -2.03. The Kier molecular flexibility index (Phi) is 4.62. The number of carbonyl (C=O) groups excluding carboxylic acids is 1. The predicted molar refractivity (Wildman–Crippen MR) is 87.5 cm³/mol. The van der Waals surface area contributed by atoms with E-state index in [4.69, 9.17) is 0 Å². The number of hydrogen-bond acceptors (Lipinski definition) is 3. The number of alkyl halides is 3. The molecule has 1 aliphatic heterocycles. The second-order valence-electron chi connectivity index (χ2n) is 6.34. The Morgan fingerprint density at radius 1 is 1.15 bits per heavy atom. The third-order valence-corrected chi connectivity index (χ3v) is 4.64. The molecule has 0 spiro atoms. The van der Waals surface area contributed by atoms with Gasteiger partial charge in [0.1, 0.15) is 0 Å². The topological polar surface area (TPSA) is 73.4 Å². The zero-order chi connectivity index (χ0) is 18.9. The molecule has 0 saturated carbocycles. The van der Waals surface area contributed by atoms with Gasteiger partial charge in [-0.1, -0.05) is 12.1 Å². The number of piperidine rings is 1. The van der Waals surface area contributed by atoms with Crippen molar-refractivity contribution in [2.24, 2.45) is 0 Å². The molecule has 1 saturated heterocycles. The first-order valence-corrected chi connectivity index (χ1v) is 8.07. The Balaban J connectivity index is 1.74. The van der Waals surface area contributed by atoms with Gasteiger partial charge in [-0.15, -0.1) is 0 Å². The highest BCUT2D eigenvalue weighted by Gasteiger charge is 2.38. The van der Waals surface area contributed by atoms with Crippen molar-refractivity contribution >= 4 is 5.91 Å². The second kappa shape index (κ2) is 6.60. The van der Waals surface area contributed by atoms with Gasteiger partial charge in [-0.2, -0.15) is 13.2 Å². The van der Waals surface area contributed by atoms with Crippen LogP contribution in [0.25, 0.3) is 0 Å². The lowest BCUT2D eigenvalue weighted by Gasteiger charge is -2.38. The van der Waals surface area contributed by atoms with E-state index in [-0.39, 0.29) is 43.0 Å². The van der Waals surface area contributed by atoms with E-state index in [2.05, 4.69) is 4.98 Å². The van der Waals surface area contributed by atoms with Crippen molar-refractivity contribution in [3.63, 3.8) is 0 Å². The lowest BCUT2D eigenvalue weighted by atomic mass is 9.83. The molecule has 26 heavy (non-hydrogen) atoms. The van der Waals surface area contributed by atoms with Gasteiger partial charge in [-0.25, -0.2) is 0 Å². The summed E-state index contributed by atoms with van der Waals surface area (Å²) in [6.07, 6.45) is -2.90. The Bertz CT molecular complexity index is 848. The molecule has 1 aromatic carbocycles. The Morgan fingerprint density at radius 3 is 2.42 bits per heavy atom. The summed E-state index contributed by atoms with van der Waals surface area (Å²) in [6.45, 7) is 0.398. The molecule has 0 radical (unpaired) electrons. The summed E-state index contributed by atoms with van der Waals surface area (Å²) in [7, 11) is 0. The molecule has 3 rings (SSSR count). The predicted octanol–water partition coefficient (Wildman–Crippen LogP) is 2.52. The van der Waals surface area contributed by atoms with Crippen LogP contribution in [0.15, 0.2) is 47.4 Å². The van der Waals surface area contributed by atoms with Crippen LogP contribution in [-0.4, -0.2) is 34.0 Å². The SMILES string of the molecule is O=C(c1ccc(=O)[nH]c1)N1CCC(O)(c2cccc(C(F)(F)F)c2)CC1. The smallest absolute Gasteiger partial charge is 0.385 e. The minimum Gasteiger partial charge on any atom is -0.385 e. The fraction of sp³-hybridized carbons (Fsp3) is 0.333. The lowest BCUT2D eigenvalue weighted by molar-refractivity contribution is -0.137. The molecule has 8 heteroatoms. The van der Waals surface area contributed by atoms with Crippen molar-refractivity contribution < 1.29 is 23.1 Å². The van der Waals surface area contributed by atoms with Crippen molar-refractivity contribution in [1.29, 1.82) is 0 Å². The van der Waals surface area contributed by atoms with E-state index < -0.39 is 17.3 Å². The van der Waals surface area contributed by atoms with E-state index >= 15 is 0 Å². The average molecular weight is 366 g/mol. The van der Waals surface area contributed by atoms with Crippen molar-refractivity contribution in [3.05, 3.63) is 69.6 Å². The van der Waals surface area contributed by atoms with E-state index in [1.807, 2.05) is 0 Å². The van der Waals surface area contributed by atoms with Gasteiger partial charge in [0, 0.05) is 25.4 Å². The number of amides is 1. The molecule has 0 atom stereocenters. The maximum Gasteiger partial charge on any atom is 0.416 e. The number of aromatic nitrogens is 1. The van der Waals surface area contributed by atoms with Gasteiger partial charge in [0.25, 0.3) is 5.91 Å². The normalized spacial score (nSPS) is 17.2. The molecule has 1 fully saturated rings. The number of aliphatic hydroxyl groups is 1. The van der Waals surface area contributed by atoms with Crippen LogP contribution < -0.4 is 5.56 Å². The van der Waals surface area contributed by atoms with Gasteiger partial charge in [-0.3, -0.25) is 9.59 Å². The third-order valence-electron chi connectivity index (χ3n) is 4.64. The van der Waals surface area contributed by atoms with Gasteiger partial charge in [-0.05, 0) is 36.6 Å². The molecule has 1 aliphatic rings. The Hall–Kier alpha value is -2.61. The van der Waals surface area contributed by atoms with Gasteiger partial charge < -0.3 is 15.0 Å². The van der Waals surface area contributed by atoms with E-state index in [0.29, 0.717) is 5.56 Å². The number of nitrogens with zero attached hydrogens (tertiary/aromatic N) is 1.